The van der Waals surface area contributed by atoms with E-state index in [9.17, 15) is 4.79 Å². The lowest BCUT2D eigenvalue weighted by Crippen LogP contribution is -2.35. The molecule has 1 aromatic heterocycles. The van der Waals surface area contributed by atoms with E-state index in [1.54, 1.807) is 4.90 Å². The van der Waals surface area contributed by atoms with E-state index in [2.05, 4.69) is 43.6 Å². The number of carbonyl (C=O) groups excluding carboxylic acids is 1. The van der Waals surface area contributed by atoms with Crippen molar-refractivity contribution in [2.24, 2.45) is 5.41 Å². The Morgan fingerprint density at radius 2 is 2.06 bits per heavy atom. The molecule has 0 aliphatic rings. The average Bonchev–Trinajstić information content (AvgIpc) is 2.56. The first kappa shape index (κ1) is 15.3. The van der Waals surface area contributed by atoms with Crippen LogP contribution in [-0.2, 0) is 6.54 Å². The van der Waals surface area contributed by atoms with Gasteiger partial charge in [-0.15, -0.1) is 0 Å². The van der Waals surface area contributed by atoms with Crippen LogP contribution >= 0.6 is 15.9 Å². The van der Waals surface area contributed by atoms with E-state index in [1.165, 1.54) is 0 Å². The fourth-order valence-corrected chi connectivity index (χ4v) is 2.52. The molecule has 0 aliphatic heterocycles. The lowest BCUT2D eigenvalue weighted by Gasteiger charge is -2.26. The van der Waals surface area contributed by atoms with E-state index in [-0.39, 0.29) is 11.3 Å². The Kier molecular flexibility index (Phi) is 5.02. The molecule has 0 saturated heterocycles. The predicted octanol–water partition coefficient (Wildman–Crippen LogP) is 3.78. The topological polar surface area (TPSA) is 25.2 Å². The molecule has 0 N–H and O–H groups in total. The maximum atomic E-state index is 12.4. The Hall–Kier alpha value is -0.770. The number of hydrogen-bond acceptors (Lipinski definition) is 1. The van der Waals surface area contributed by atoms with Crippen molar-refractivity contribution in [3.05, 3.63) is 22.4 Å². The number of hydrogen-bond donors (Lipinski definition) is 0. The van der Waals surface area contributed by atoms with Gasteiger partial charge in [0.25, 0.3) is 5.91 Å². The van der Waals surface area contributed by atoms with Crippen molar-refractivity contribution < 1.29 is 4.79 Å². The van der Waals surface area contributed by atoms with E-state index in [4.69, 9.17) is 0 Å². The van der Waals surface area contributed by atoms with Crippen molar-refractivity contribution in [3.63, 3.8) is 0 Å². The second-order valence-electron chi connectivity index (χ2n) is 5.96. The van der Waals surface area contributed by atoms with E-state index in [1.807, 2.05) is 23.9 Å². The molecule has 0 fully saturated rings. The Morgan fingerprint density at radius 3 is 2.56 bits per heavy atom. The van der Waals surface area contributed by atoms with Crippen LogP contribution in [0.4, 0.5) is 0 Å². The van der Waals surface area contributed by atoms with Crippen molar-refractivity contribution >= 4 is 21.8 Å². The van der Waals surface area contributed by atoms with Crippen molar-refractivity contribution in [2.45, 2.75) is 40.7 Å². The molecule has 0 unspecified atom stereocenters. The van der Waals surface area contributed by atoms with Gasteiger partial charge < -0.3 is 9.47 Å². The normalized spacial score (nSPS) is 11.7. The number of amides is 1. The third-order valence-corrected chi connectivity index (χ3v) is 3.04. The summed E-state index contributed by atoms with van der Waals surface area (Å²) in [5, 5.41) is 0. The summed E-state index contributed by atoms with van der Waals surface area (Å²) in [6.45, 7) is 10.1. The zero-order valence-corrected chi connectivity index (χ0v) is 13.5. The summed E-state index contributed by atoms with van der Waals surface area (Å²) >= 11 is 3.44. The highest BCUT2D eigenvalue weighted by Crippen LogP contribution is 2.19. The fraction of sp³-hybridized carbons (Fsp3) is 0.643. The van der Waals surface area contributed by atoms with Gasteiger partial charge in [-0.25, -0.2) is 0 Å². The lowest BCUT2D eigenvalue weighted by molar-refractivity contribution is 0.0734. The predicted molar refractivity (Wildman–Crippen MR) is 78.8 cm³/mol. The summed E-state index contributed by atoms with van der Waals surface area (Å²) in [4.78, 5) is 14.2. The third kappa shape index (κ3) is 4.16. The molecule has 0 atom stereocenters. The molecule has 0 radical (unpaired) electrons. The van der Waals surface area contributed by atoms with Crippen LogP contribution in [0.2, 0.25) is 0 Å². The molecule has 1 heterocycles. The molecule has 0 aliphatic carbocycles. The molecular formula is C14H23BrN2O. The monoisotopic (exact) mass is 314 g/mol. The number of carbonyl (C=O) groups is 1. The minimum Gasteiger partial charge on any atom is -0.342 e. The number of nitrogens with zero attached hydrogens (tertiary/aromatic N) is 2. The van der Waals surface area contributed by atoms with E-state index in [0.29, 0.717) is 0 Å². The highest BCUT2D eigenvalue weighted by Gasteiger charge is 2.21. The summed E-state index contributed by atoms with van der Waals surface area (Å²) in [5.41, 5.74) is 0.875. The van der Waals surface area contributed by atoms with Gasteiger partial charge in [0.1, 0.15) is 5.69 Å². The minimum atomic E-state index is 0.0871. The first-order chi connectivity index (χ1) is 8.24. The van der Waals surface area contributed by atoms with Crippen LogP contribution in [0.1, 0.15) is 44.6 Å². The van der Waals surface area contributed by atoms with E-state index in [0.717, 1.165) is 29.7 Å². The van der Waals surface area contributed by atoms with Gasteiger partial charge in [0.05, 0.1) is 0 Å². The standard InChI is InChI=1S/C14H23BrN2O/c1-6-7-17-9-11(15)8-12(17)13(18)16(5)10-14(2,3)4/h8-9H,6-7,10H2,1-5H3. The Labute approximate surface area is 118 Å². The van der Waals surface area contributed by atoms with Crippen LogP contribution in [-0.4, -0.2) is 29.0 Å². The fourth-order valence-electron chi connectivity index (χ4n) is 2.06. The number of halogens is 1. The first-order valence-electron chi connectivity index (χ1n) is 6.35. The second-order valence-corrected chi connectivity index (χ2v) is 6.87. The molecule has 1 rings (SSSR count). The third-order valence-electron chi connectivity index (χ3n) is 2.61. The zero-order valence-electron chi connectivity index (χ0n) is 12.0. The average molecular weight is 315 g/mol. The molecular weight excluding hydrogens is 292 g/mol. The smallest absolute Gasteiger partial charge is 0.270 e. The number of rotatable bonds is 4. The summed E-state index contributed by atoms with van der Waals surface area (Å²) in [6, 6.07) is 1.90. The molecule has 1 aromatic rings. The van der Waals surface area contributed by atoms with Gasteiger partial charge in [0.2, 0.25) is 0 Å². The van der Waals surface area contributed by atoms with Crippen LogP contribution in [0.15, 0.2) is 16.7 Å². The summed E-state index contributed by atoms with van der Waals surface area (Å²) in [7, 11) is 1.87. The van der Waals surface area contributed by atoms with Crippen molar-refractivity contribution in [3.8, 4) is 0 Å². The second kappa shape index (κ2) is 5.91. The Morgan fingerprint density at radius 1 is 1.44 bits per heavy atom. The van der Waals surface area contributed by atoms with Crippen molar-refractivity contribution in [1.29, 1.82) is 0 Å². The quantitative estimate of drug-likeness (QED) is 0.830. The Bertz CT molecular complexity index is 418. The lowest BCUT2D eigenvalue weighted by atomic mass is 9.96. The maximum Gasteiger partial charge on any atom is 0.270 e. The molecule has 102 valence electrons. The summed E-state index contributed by atoms with van der Waals surface area (Å²) in [5.74, 6) is 0.0871. The van der Waals surface area contributed by atoms with Gasteiger partial charge >= 0.3 is 0 Å². The minimum absolute atomic E-state index is 0.0871. The molecule has 0 spiro atoms. The van der Waals surface area contributed by atoms with E-state index >= 15 is 0 Å². The van der Waals surface area contributed by atoms with Crippen LogP contribution in [0, 0.1) is 5.41 Å². The van der Waals surface area contributed by atoms with Gasteiger partial charge in [-0.2, -0.15) is 0 Å². The molecule has 3 nitrogen and oxygen atoms in total. The molecule has 1 amide bonds. The van der Waals surface area contributed by atoms with Crippen LogP contribution in [0.5, 0.6) is 0 Å². The van der Waals surface area contributed by atoms with Gasteiger partial charge in [-0.1, -0.05) is 27.7 Å². The Balaban J connectivity index is 2.89. The molecule has 0 saturated carbocycles. The first-order valence-corrected chi connectivity index (χ1v) is 7.15. The van der Waals surface area contributed by atoms with Crippen LogP contribution in [0.25, 0.3) is 0 Å². The maximum absolute atomic E-state index is 12.4. The van der Waals surface area contributed by atoms with E-state index < -0.39 is 0 Å². The largest absolute Gasteiger partial charge is 0.342 e. The zero-order chi connectivity index (χ0) is 13.9. The van der Waals surface area contributed by atoms with Gasteiger partial charge in [-0.3, -0.25) is 4.79 Å². The highest BCUT2D eigenvalue weighted by molar-refractivity contribution is 9.10. The molecule has 18 heavy (non-hydrogen) atoms. The molecule has 0 bridgehead atoms. The van der Waals surface area contributed by atoms with Gasteiger partial charge in [0.15, 0.2) is 0 Å². The number of aromatic nitrogens is 1. The molecule has 0 aromatic carbocycles. The van der Waals surface area contributed by atoms with Crippen molar-refractivity contribution in [1.82, 2.24) is 9.47 Å². The van der Waals surface area contributed by atoms with Gasteiger partial charge in [-0.05, 0) is 33.8 Å². The number of aryl methyl sites for hydroxylation is 1. The SMILES string of the molecule is CCCn1cc(Br)cc1C(=O)N(C)CC(C)(C)C. The highest BCUT2D eigenvalue weighted by atomic mass is 79.9. The van der Waals surface area contributed by atoms with Crippen molar-refractivity contribution in [2.75, 3.05) is 13.6 Å². The summed E-state index contributed by atoms with van der Waals surface area (Å²) in [6.07, 6.45) is 2.99. The van der Waals surface area contributed by atoms with Crippen LogP contribution in [0.3, 0.4) is 0 Å². The molecule has 4 heteroatoms. The van der Waals surface area contributed by atoms with Gasteiger partial charge in [0, 0.05) is 30.8 Å². The summed E-state index contributed by atoms with van der Waals surface area (Å²) < 4.78 is 2.98. The van der Waals surface area contributed by atoms with Crippen LogP contribution < -0.4 is 0 Å².